The predicted molar refractivity (Wildman–Crippen MR) is 126 cm³/mol. The van der Waals surface area contributed by atoms with Gasteiger partial charge in [0.05, 0.1) is 41.3 Å². The molecule has 0 amide bonds. The number of nitrogens with one attached hydrogen (secondary N) is 2. The number of methoxy groups -OCH3 is 2. The van der Waals surface area contributed by atoms with E-state index in [1.54, 1.807) is 20.3 Å². The zero-order valence-electron chi connectivity index (χ0n) is 17.8. The standard InChI is InChI=1S/C12H15ClN2O.C10H12ClN3O/c1-3-8(7-16-2)12-14-10-5-4-9(13)6-11(10)15-12;1-15-5-7(12)10-13-8-3-2-6(11)4-9(8)14-10/h4-6,8H,3,7H2,1-2H3,(H,14,15);2-4,7H,5,12H2,1H3,(H,13,14)/t8-;7-/m00/s1. The summed E-state index contributed by atoms with van der Waals surface area (Å²) in [6.07, 6.45) is 1.00. The molecule has 0 unspecified atom stereocenters. The number of ether oxygens (including phenoxy) is 2. The van der Waals surface area contributed by atoms with Gasteiger partial charge in [0.15, 0.2) is 0 Å². The smallest absolute Gasteiger partial charge is 0.126 e. The number of fused-ring (bicyclic) bond motifs is 2. The second kappa shape index (κ2) is 10.9. The molecule has 9 heteroatoms. The van der Waals surface area contributed by atoms with Crippen molar-refractivity contribution in [1.29, 1.82) is 0 Å². The molecule has 0 spiro atoms. The number of aromatic amines is 2. The topological polar surface area (TPSA) is 102 Å². The van der Waals surface area contributed by atoms with E-state index in [0.717, 1.165) is 39.3 Å². The molecule has 4 aromatic rings. The van der Waals surface area contributed by atoms with Crippen molar-refractivity contribution in [3.63, 3.8) is 0 Å². The van der Waals surface area contributed by atoms with Crippen molar-refractivity contribution in [1.82, 2.24) is 19.9 Å². The molecule has 7 nitrogen and oxygen atoms in total. The first kappa shape index (κ1) is 23.5. The Morgan fingerprint density at radius 1 is 0.871 bits per heavy atom. The monoisotopic (exact) mass is 463 g/mol. The molecule has 0 aliphatic rings. The van der Waals surface area contributed by atoms with E-state index >= 15 is 0 Å². The maximum atomic E-state index is 5.93. The van der Waals surface area contributed by atoms with Crippen LogP contribution in [-0.4, -0.2) is 47.4 Å². The molecule has 0 fully saturated rings. The quantitative estimate of drug-likeness (QED) is 0.348. The summed E-state index contributed by atoms with van der Waals surface area (Å²) in [5.74, 6) is 2.01. The minimum Gasteiger partial charge on any atom is -0.384 e. The third-order valence-electron chi connectivity index (χ3n) is 4.87. The molecule has 2 atom stereocenters. The van der Waals surface area contributed by atoms with Crippen molar-refractivity contribution in [2.24, 2.45) is 5.73 Å². The fourth-order valence-corrected chi connectivity index (χ4v) is 3.57. The minimum absolute atomic E-state index is 0.235. The second-order valence-corrected chi connectivity index (χ2v) is 8.06. The Balaban J connectivity index is 0.000000176. The summed E-state index contributed by atoms with van der Waals surface area (Å²) in [5, 5.41) is 1.40. The lowest BCUT2D eigenvalue weighted by Gasteiger charge is -2.09. The third kappa shape index (κ3) is 5.96. The molecule has 2 heterocycles. The molecule has 2 aromatic heterocycles. The summed E-state index contributed by atoms with van der Waals surface area (Å²) in [6.45, 7) is 3.25. The SMILES string of the molecule is CC[C@@H](COC)c1nc2ccc(Cl)cc2[nH]1.COC[C@H](N)c1nc2ccc(Cl)cc2[nH]1. The van der Waals surface area contributed by atoms with Gasteiger partial charge in [0.25, 0.3) is 0 Å². The zero-order valence-corrected chi connectivity index (χ0v) is 19.3. The van der Waals surface area contributed by atoms with Crippen molar-refractivity contribution in [3.8, 4) is 0 Å². The molecular weight excluding hydrogens is 437 g/mol. The largest absolute Gasteiger partial charge is 0.384 e. The van der Waals surface area contributed by atoms with Crippen molar-refractivity contribution >= 4 is 45.3 Å². The van der Waals surface area contributed by atoms with E-state index in [1.807, 2.05) is 30.3 Å². The van der Waals surface area contributed by atoms with Crippen LogP contribution >= 0.6 is 23.2 Å². The van der Waals surface area contributed by atoms with E-state index in [4.69, 9.17) is 38.4 Å². The summed E-state index contributed by atoms with van der Waals surface area (Å²) in [7, 11) is 3.32. The number of H-pyrrole nitrogens is 2. The fourth-order valence-electron chi connectivity index (χ4n) is 3.22. The van der Waals surface area contributed by atoms with Crippen molar-refractivity contribution in [2.75, 3.05) is 27.4 Å². The number of imidazole rings is 2. The Morgan fingerprint density at radius 3 is 1.90 bits per heavy atom. The van der Waals surface area contributed by atoms with E-state index in [0.29, 0.717) is 30.0 Å². The lowest BCUT2D eigenvalue weighted by molar-refractivity contribution is 0.175. The molecular formula is C22H27Cl2N5O2. The van der Waals surface area contributed by atoms with Gasteiger partial charge < -0.3 is 25.2 Å². The molecule has 4 rings (SSSR count). The number of hydrogen-bond acceptors (Lipinski definition) is 5. The lowest BCUT2D eigenvalue weighted by atomic mass is 10.1. The summed E-state index contributed by atoms with van der Waals surface area (Å²) < 4.78 is 10.1. The van der Waals surface area contributed by atoms with Crippen LogP contribution in [0.15, 0.2) is 36.4 Å². The van der Waals surface area contributed by atoms with Gasteiger partial charge in [-0.05, 0) is 42.8 Å². The summed E-state index contributed by atoms with van der Waals surface area (Å²) in [4.78, 5) is 15.3. The Bertz CT molecular complexity index is 1130. The van der Waals surface area contributed by atoms with E-state index in [9.17, 15) is 0 Å². The molecule has 0 radical (unpaired) electrons. The minimum atomic E-state index is -0.235. The van der Waals surface area contributed by atoms with Gasteiger partial charge in [-0.2, -0.15) is 0 Å². The van der Waals surface area contributed by atoms with Gasteiger partial charge in [-0.15, -0.1) is 0 Å². The number of halogens is 2. The van der Waals surface area contributed by atoms with Crippen LogP contribution in [0.2, 0.25) is 10.0 Å². The number of nitrogens with two attached hydrogens (primary N) is 1. The molecule has 4 N–H and O–H groups in total. The lowest BCUT2D eigenvalue weighted by Crippen LogP contribution is -2.17. The highest BCUT2D eigenvalue weighted by atomic mass is 35.5. The normalized spacial score (nSPS) is 13.2. The highest BCUT2D eigenvalue weighted by molar-refractivity contribution is 6.31. The van der Waals surface area contributed by atoms with Crippen LogP contribution in [0.3, 0.4) is 0 Å². The number of nitrogens with zero attached hydrogens (tertiary/aromatic N) is 2. The maximum absolute atomic E-state index is 5.93. The van der Waals surface area contributed by atoms with Crippen LogP contribution in [0.1, 0.15) is 37.0 Å². The van der Waals surface area contributed by atoms with Crippen molar-refractivity contribution < 1.29 is 9.47 Å². The molecule has 0 bridgehead atoms. The molecule has 0 aliphatic heterocycles. The Kier molecular flexibility index (Phi) is 8.28. The first-order chi connectivity index (χ1) is 14.9. The van der Waals surface area contributed by atoms with Crippen LogP contribution in [-0.2, 0) is 9.47 Å². The van der Waals surface area contributed by atoms with E-state index in [2.05, 4.69) is 26.9 Å². The highest BCUT2D eigenvalue weighted by Gasteiger charge is 2.14. The Hall–Kier alpha value is -2.16. The maximum Gasteiger partial charge on any atom is 0.126 e. The number of rotatable bonds is 7. The molecule has 0 aliphatic carbocycles. The average Bonchev–Trinajstić information content (AvgIpc) is 3.36. The first-order valence-electron chi connectivity index (χ1n) is 9.98. The van der Waals surface area contributed by atoms with Crippen LogP contribution in [0.4, 0.5) is 0 Å². The van der Waals surface area contributed by atoms with Crippen LogP contribution < -0.4 is 5.73 Å². The molecule has 166 valence electrons. The van der Waals surface area contributed by atoms with Gasteiger partial charge in [-0.25, -0.2) is 9.97 Å². The van der Waals surface area contributed by atoms with Gasteiger partial charge in [-0.1, -0.05) is 30.1 Å². The summed E-state index contributed by atoms with van der Waals surface area (Å²) >= 11 is 11.8. The summed E-state index contributed by atoms with van der Waals surface area (Å²) in [6, 6.07) is 10.9. The van der Waals surface area contributed by atoms with Crippen molar-refractivity contribution in [3.05, 3.63) is 58.1 Å². The van der Waals surface area contributed by atoms with Gasteiger partial charge in [0.2, 0.25) is 0 Å². The van der Waals surface area contributed by atoms with Crippen LogP contribution in [0.5, 0.6) is 0 Å². The number of hydrogen-bond donors (Lipinski definition) is 3. The average molecular weight is 464 g/mol. The molecule has 0 saturated carbocycles. The first-order valence-corrected chi connectivity index (χ1v) is 10.7. The molecule has 2 aromatic carbocycles. The van der Waals surface area contributed by atoms with E-state index in [1.165, 1.54) is 0 Å². The van der Waals surface area contributed by atoms with Gasteiger partial charge in [0, 0.05) is 30.2 Å². The second-order valence-electron chi connectivity index (χ2n) is 7.19. The van der Waals surface area contributed by atoms with Gasteiger partial charge >= 0.3 is 0 Å². The van der Waals surface area contributed by atoms with Crippen molar-refractivity contribution in [2.45, 2.75) is 25.3 Å². The molecule has 31 heavy (non-hydrogen) atoms. The zero-order chi connectivity index (χ0) is 22.4. The van der Waals surface area contributed by atoms with E-state index < -0.39 is 0 Å². The third-order valence-corrected chi connectivity index (χ3v) is 5.34. The summed E-state index contributed by atoms with van der Waals surface area (Å²) in [5.41, 5.74) is 9.55. The Morgan fingerprint density at radius 2 is 1.39 bits per heavy atom. The predicted octanol–water partition coefficient (Wildman–Crippen LogP) is 5.22. The van der Waals surface area contributed by atoms with Gasteiger partial charge in [0.1, 0.15) is 11.6 Å². The van der Waals surface area contributed by atoms with Gasteiger partial charge in [-0.3, -0.25) is 0 Å². The van der Waals surface area contributed by atoms with Crippen LogP contribution in [0.25, 0.3) is 22.1 Å². The van der Waals surface area contributed by atoms with Crippen LogP contribution in [0, 0.1) is 0 Å². The molecule has 0 saturated heterocycles. The Labute approximate surface area is 191 Å². The fraction of sp³-hybridized carbons (Fsp3) is 0.364. The highest BCUT2D eigenvalue weighted by Crippen LogP contribution is 2.23. The van der Waals surface area contributed by atoms with E-state index in [-0.39, 0.29) is 6.04 Å². The number of benzene rings is 2. The number of aromatic nitrogens is 4.